The second kappa shape index (κ2) is 11.5. The van der Waals surface area contributed by atoms with E-state index in [-0.39, 0.29) is 34.3 Å². The Balaban J connectivity index is 5.66. The number of Topliss-reactive ketones (excluding diaryl/α,β-unsaturated/α-hetero) is 2. The van der Waals surface area contributed by atoms with Gasteiger partial charge in [0.1, 0.15) is 12.1 Å². The minimum Gasteiger partial charge on any atom is -0.345 e. The molecule has 1 amide bonds. The van der Waals surface area contributed by atoms with Crippen molar-refractivity contribution in [2.45, 2.75) is 113 Å². The van der Waals surface area contributed by atoms with E-state index in [0.29, 0.717) is 32.1 Å². The standard InChI is InChI=1S/C26H48N2O4/c1-12-20(31)21(25(7,8)16-23(3,4)13-18(2)30)28-22(32)26(9,10)17-24(5,6)14-19(15-29)27-11/h15,19,21,27H,12-14,16-17H2,1-11H3,(H,28,32). The number of carbonyl (C=O) groups is 4. The highest BCUT2D eigenvalue weighted by Crippen LogP contribution is 2.41. The SMILES string of the molecule is CCC(=O)C(NC(=O)C(C)(C)CC(C)(C)CC(C=O)NC)C(C)(C)CC(C)(C)CC(C)=O. The summed E-state index contributed by atoms with van der Waals surface area (Å²) in [4.78, 5) is 49.3. The maximum atomic E-state index is 13.4. The highest BCUT2D eigenvalue weighted by molar-refractivity contribution is 5.91. The zero-order chi connectivity index (χ0) is 25.5. The Morgan fingerprint density at radius 2 is 1.44 bits per heavy atom. The van der Waals surface area contributed by atoms with Crippen LogP contribution in [0.3, 0.4) is 0 Å². The van der Waals surface area contributed by atoms with Gasteiger partial charge in [0.2, 0.25) is 5.91 Å². The lowest BCUT2D eigenvalue weighted by molar-refractivity contribution is -0.137. The molecule has 0 aromatic heterocycles. The summed E-state index contributed by atoms with van der Waals surface area (Å²) in [6.45, 7) is 19.3. The molecule has 0 aromatic carbocycles. The molecule has 0 aliphatic rings. The van der Waals surface area contributed by atoms with Gasteiger partial charge in [0, 0.05) is 18.3 Å². The van der Waals surface area contributed by atoms with Gasteiger partial charge in [-0.2, -0.15) is 0 Å². The zero-order valence-electron chi connectivity index (χ0n) is 22.4. The maximum Gasteiger partial charge on any atom is 0.226 e. The van der Waals surface area contributed by atoms with Crippen LogP contribution in [-0.2, 0) is 19.2 Å². The Bertz CT molecular complexity index is 677. The predicted octanol–water partition coefficient (Wildman–Crippen LogP) is 4.49. The van der Waals surface area contributed by atoms with Gasteiger partial charge in [-0.3, -0.25) is 9.59 Å². The Kier molecular flexibility index (Phi) is 11.0. The quantitative estimate of drug-likeness (QED) is 0.357. The van der Waals surface area contributed by atoms with Gasteiger partial charge in [-0.25, -0.2) is 0 Å². The number of ketones is 2. The monoisotopic (exact) mass is 452 g/mol. The first-order valence-electron chi connectivity index (χ1n) is 11.8. The molecule has 0 bridgehead atoms. The average Bonchev–Trinajstić information content (AvgIpc) is 2.59. The number of hydrogen-bond acceptors (Lipinski definition) is 5. The van der Waals surface area contributed by atoms with Gasteiger partial charge in [-0.15, -0.1) is 0 Å². The van der Waals surface area contributed by atoms with E-state index in [1.54, 1.807) is 14.0 Å². The van der Waals surface area contributed by atoms with Crippen LogP contribution in [0.4, 0.5) is 0 Å². The lowest BCUT2D eigenvalue weighted by atomic mass is 9.67. The van der Waals surface area contributed by atoms with Crippen molar-refractivity contribution in [3.8, 4) is 0 Å². The van der Waals surface area contributed by atoms with Crippen molar-refractivity contribution in [3.63, 3.8) is 0 Å². The van der Waals surface area contributed by atoms with E-state index in [1.165, 1.54) is 0 Å². The van der Waals surface area contributed by atoms with Crippen molar-refractivity contribution in [2.24, 2.45) is 21.7 Å². The molecule has 0 spiro atoms. The topological polar surface area (TPSA) is 92.3 Å². The van der Waals surface area contributed by atoms with Gasteiger partial charge in [-0.05, 0) is 49.5 Å². The molecule has 0 radical (unpaired) electrons. The van der Waals surface area contributed by atoms with Crippen molar-refractivity contribution in [2.75, 3.05) is 7.05 Å². The molecule has 186 valence electrons. The molecule has 2 unspecified atom stereocenters. The van der Waals surface area contributed by atoms with E-state index < -0.39 is 16.9 Å². The van der Waals surface area contributed by atoms with Gasteiger partial charge in [0.05, 0.1) is 12.1 Å². The van der Waals surface area contributed by atoms with Crippen LogP contribution in [0.5, 0.6) is 0 Å². The summed E-state index contributed by atoms with van der Waals surface area (Å²) in [5, 5.41) is 6.06. The first kappa shape index (κ1) is 30.4. The molecule has 32 heavy (non-hydrogen) atoms. The minimum absolute atomic E-state index is 0.00626. The molecule has 0 aliphatic heterocycles. The third kappa shape index (κ3) is 9.93. The van der Waals surface area contributed by atoms with Crippen LogP contribution in [0.25, 0.3) is 0 Å². The second-order valence-corrected chi connectivity index (χ2v) is 12.4. The fourth-order valence-corrected chi connectivity index (χ4v) is 5.48. The third-order valence-electron chi connectivity index (χ3n) is 6.23. The number of aldehydes is 1. The van der Waals surface area contributed by atoms with E-state index in [9.17, 15) is 19.2 Å². The first-order valence-corrected chi connectivity index (χ1v) is 11.8. The fourth-order valence-electron chi connectivity index (χ4n) is 5.48. The van der Waals surface area contributed by atoms with Crippen LogP contribution in [0, 0.1) is 21.7 Å². The number of likely N-dealkylation sites (N-methyl/N-ethyl adjacent to an activating group) is 1. The molecule has 6 heteroatoms. The molecule has 0 fully saturated rings. The summed E-state index contributed by atoms with van der Waals surface area (Å²) in [6.07, 6.45) is 3.48. The average molecular weight is 453 g/mol. The summed E-state index contributed by atoms with van der Waals surface area (Å²) in [5.41, 5.74) is -1.76. The molecular weight excluding hydrogens is 404 g/mol. The van der Waals surface area contributed by atoms with Crippen molar-refractivity contribution >= 4 is 23.8 Å². The lowest BCUT2D eigenvalue weighted by Crippen LogP contribution is -2.55. The molecule has 2 atom stereocenters. The summed E-state index contributed by atoms with van der Waals surface area (Å²) in [7, 11) is 1.75. The molecule has 0 aromatic rings. The molecule has 0 saturated heterocycles. The highest BCUT2D eigenvalue weighted by Gasteiger charge is 2.43. The normalized spacial score (nSPS) is 15.1. The van der Waals surface area contributed by atoms with Gasteiger partial charge in [-0.1, -0.05) is 62.3 Å². The lowest BCUT2D eigenvalue weighted by Gasteiger charge is -2.42. The van der Waals surface area contributed by atoms with Gasteiger partial charge in [0.25, 0.3) is 0 Å². The summed E-state index contributed by atoms with van der Waals surface area (Å²) < 4.78 is 0. The number of rotatable bonds is 15. The molecule has 6 nitrogen and oxygen atoms in total. The van der Waals surface area contributed by atoms with Crippen LogP contribution in [0.1, 0.15) is 101 Å². The van der Waals surface area contributed by atoms with Gasteiger partial charge < -0.3 is 20.2 Å². The van der Waals surface area contributed by atoms with Crippen molar-refractivity contribution in [1.29, 1.82) is 0 Å². The van der Waals surface area contributed by atoms with Crippen LogP contribution < -0.4 is 10.6 Å². The maximum absolute atomic E-state index is 13.4. The number of carbonyl (C=O) groups excluding carboxylic acids is 4. The predicted molar refractivity (Wildman–Crippen MR) is 130 cm³/mol. The Labute approximate surface area is 196 Å². The van der Waals surface area contributed by atoms with E-state index in [4.69, 9.17) is 0 Å². The summed E-state index contributed by atoms with van der Waals surface area (Å²) in [6, 6.07) is -0.894. The van der Waals surface area contributed by atoms with Gasteiger partial charge in [0.15, 0.2) is 5.78 Å². The van der Waals surface area contributed by atoms with Crippen molar-refractivity contribution in [3.05, 3.63) is 0 Å². The number of hydrogen-bond donors (Lipinski definition) is 2. The number of nitrogens with one attached hydrogen (secondary N) is 2. The molecule has 0 aliphatic carbocycles. The fraction of sp³-hybridized carbons (Fsp3) is 0.846. The van der Waals surface area contributed by atoms with Crippen LogP contribution in [0.2, 0.25) is 0 Å². The van der Waals surface area contributed by atoms with E-state index in [1.807, 2.05) is 48.5 Å². The Hall–Kier alpha value is -1.56. The van der Waals surface area contributed by atoms with Crippen molar-refractivity contribution in [1.82, 2.24) is 10.6 Å². The molecular formula is C26H48N2O4. The molecule has 0 heterocycles. The molecule has 0 rings (SSSR count). The minimum atomic E-state index is -0.720. The van der Waals surface area contributed by atoms with E-state index >= 15 is 0 Å². The summed E-state index contributed by atoms with van der Waals surface area (Å²) in [5.74, 6) is -0.0538. The van der Waals surface area contributed by atoms with Crippen molar-refractivity contribution < 1.29 is 19.2 Å². The Morgan fingerprint density at radius 3 is 1.84 bits per heavy atom. The van der Waals surface area contributed by atoms with E-state index in [2.05, 4.69) is 24.5 Å². The van der Waals surface area contributed by atoms with E-state index in [0.717, 1.165) is 6.29 Å². The molecule has 2 N–H and O–H groups in total. The molecule has 0 saturated carbocycles. The third-order valence-corrected chi connectivity index (χ3v) is 6.23. The zero-order valence-corrected chi connectivity index (χ0v) is 22.4. The Morgan fingerprint density at radius 1 is 0.906 bits per heavy atom. The summed E-state index contributed by atoms with van der Waals surface area (Å²) >= 11 is 0. The smallest absolute Gasteiger partial charge is 0.226 e. The first-order chi connectivity index (χ1) is 14.3. The largest absolute Gasteiger partial charge is 0.345 e. The van der Waals surface area contributed by atoms with Crippen LogP contribution in [0.15, 0.2) is 0 Å². The number of amides is 1. The van der Waals surface area contributed by atoms with Crippen LogP contribution >= 0.6 is 0 Å². The second-order valence-electron chi connectivity index (χ2n) is 12.4. The van der Waals surface area contributed by atoms with Gasteiger partial charge >= 0.3 is 0 Å². The highest BCUT2D eigenvalue weighted by atomic mass is 16.2. The van der Waals surface area contributed by atoms with Crippen LogP contribution in [-0.4, -0.2) is 42.9 Å².